The van der Waals surface area contributed by atoms with Crippen LogP contribution in [0.3, 0.4) is 0 Å². The molecule has 0 aliphatic carbocycles. The summed E-state index contributed by atoms with van der Waals surface area (Å²) >= 11 is 0. The highest BCUT2D eigenvalue weighted by molar-refractivity contribution is 6.03. The average Bonchev–Trinajstić information content (AvgIpc) is 3.01. The van der Waals surface area contributed by atoms with E-state index >= 15 is 0 Å². The molecule has 2 heterocycles. The van der Waals surface area contributed by atoms with Crippen LogP contribution in [0.25, 0.3) is 10.9 Å². The van der Waals surface area contributed by atoms with Gasteiger partial charge in [0.15, 0.2) is 11.2 Å². The molecule has 0 radical (unpaired) electrons. The molecule has 0 saturated heterocycles. The van der Waals surface area contributed by atoms with E-state index in [4.69, 9.17) is 0 Å². The number of amides is 1. The summed E-state index contributed by atoms with van der Waals surface area (Å²) in [5, 5.41) is 7.60. The number of H-pyrrole nitrogens is 1. The van der Waals surface area contributed by atoms with Gasteiger partial charge < -0.3 is 15.2 Å². The molecule has 25 heavy (non-hydrogen) atoms. The van der Waals surface area contributed by atoms with Crippen LogP contribution in [0.4, 0.5) is 5.82 Å². The van der Waals surface area contributed by atoms with Crippen molar-refractivity contribution >= 4 is 22.6 Å². The van der Waals surface area contributed by atoms with Gasteiger partial charge in [-0.2, -0.15) is 5.10 Å². The van der Waals surface area contributed by atoms with E-state index in [0.29, 0.717) is 16.7 Å². The Hall–Kier alpha value is -2.93. The molecule has 0 spiro atoms. The number of pyridine rings is 1. The van der Waals surface area contributed by atoms with E-state index in [2.05, 4.69) is 20.3 Å². The summed E-state index contributed by atoms with van der Waals surface area (Å²) in [4.78, 5) is 29.7. The van der Waals surface area contributed by atoms with Gasteiger partial charge in [-0.15, -0.1) is 0 Å². The average molecular weight is 339 g/mol. The third-order valence-electron chi connectivity index (χ3n) is 3.89. The number of benzene rings is 1. The fourth-order valence-electron chi connectivity index (χ4n) is 2.52. The number of carbonyl (C=O) groups is 1. The molecule has 1 aromatic carbocycles. The summed E-state index contributed by atoms with van der Waals surface area (Å²) in [6, 6.07) is 8.56. The number of rotatable bonds is 5. The van der Waals surface area contributed by atoms with Gasteiger partial charge in [-0.25, -0.2) is 0 Å². The van der Waals surface area contributed by atoms with Crippen molar-refractivity contribution in [3.05, 3.63) is 58.0 Å². The predicted molar refractivity (Wildman–Crippen MR) is 98.0 cm³/mol. The lowest BCUT2D eigenvalue weighted by molar-refractivity contribution is 0.102. The minimum atomic E-state index is -0.391. The summed E-state index contributed by atoms with van der Waals surface area (Å²) in [6.45, 7) is 3.51. The van der Waals surface area contributed by atoms with Gasteiger partial charge in [-0.3, -0.25) is 14.3 Å². The highest BCUT2D eigenvalue weighted by atomic mass is 16.2. The van der Waals surface area contributed by atoms with Crippen molar-refractivity contribution in [1.29, 1.82) is 0 Å². The van der Waals surface area contributed by atoms with E-state index in [-0.39, 0.29) is 11.1 Å². The Morgan fingerprint density at radius 2 is 2.08 bits per heavy atom. The zero-order chi connectivity index (χ0) is 18.0. The van der Waals surface area contributed by atoms with Gasteiger partial charge in [0.25, 0.3) is 5.91 Å². The molecule has 130 valence electrons. The van der Waals surface area contributed by atoms with Crippen molar-refractivity contribution in [2.45, 2.75) is 13.5 Å². The number of aryl methyl sites for hydroxylation is 1. The fourth-order valence-corrected chi connectivity index (χ4v) is 2.52. The number of nitrogens with one attached hydrogen (secondary N) is 2. The first-order valence-corrected chi connectivity index (χ1v) is 8.05. The third-order valence-corrected chi connectivity index (χ3v) is 3.89. The zero-order valence-electron chi connectivity index (χ0n) is 14.5. The minimum Gasteiger partial charge on any atom is -0.350 e. The Morgan fingerprint density at radius 3 is 2.84 bits per heavy atom. The third kappa shape index (κ3) is 3.95. The highest BCUT2D eigenvalue weighted by Crippen LogP contribution is 2.12. The molecule has 0 unspecified atom stereocenters. The van der Waals surface area contributed by atoms with Gasteiger partial charge in [-0.05, 0) is 33.2 Å². The lowest BCUT2D eigenvalue weighted by atomic mass is 10.1. The van der Waals surface area contributed by atoms with Crippen LogP contribution < -0.4 is 10.7 Å². The number of aromatic nitrogens is 3. The van der Waals surface area contributed by atoms with Crippen LogP contribution in [0.5, 0.6) is 0 Å². The van der Waals surface area contributed by atoms with Crippen LogP contribution in [0.15, 0.2) is 41.3 Å². The maximum atomic E-state index is 12.4. The highest BCUT2D eigenvalue weighted by Gasteiger charge is 2.11. The Morgan fingerprint density at radius 1 is 1.28 bits per heavy atom. The Labute approximate surface area is 145 Å². The van der Waals surface area contributed by atoms with E-state index < -0.39 is 5.91 Å². The lowest BCUT2D eigenvalue weighted by Gasteiger charge is -2.08. The molecule has 0 bridgehead atoms. The van der Waals surface area contributed by atoms with Crippen LogP contribution in [0.1, 0.15) is 16.1 Å². The van der Waals surface area contributed by atoms with Crippen LogP contribution in [0, 0.1) is 6.92 Å². The smallest absolute Gasteiger partial charge is 0.273 e. The van der Waals surface area contributed by atoms with Crippen LogP contribution >= 0.6 is 0 Å². The van der Waals surface area contributed by atoms with Crippen molar-refractivity contribution < 1.29 is 4.79 Å². The molecule has 3 aromatic rings. The second kappa shape index (κ2) is 6.90. The van der Waals surface area contributed by atoms with E-state index in [9.17, 15) is 9.59 Å². The molecular formula is C18H21N5O2. The number of fused-ring (bicyclic) bond motifs is 1. The summed E-state index contributed by atoms with van der Waals surface area (Å²) in [7, 11) is 3.98. The second-order valence-corrected chi connectivity index (χ2v) is 6.32. The van der Waals surface area contributed by atoms with E-state index in [1.165, 1.54) is 6.07 Å². The van der Waals surface area contributed by atoms with Crippen LogP contribution in [-0.4, -0.2) is 46.2 Å². The molecule has 2 aromatic heterocycles. The molecular weight excluding hydrogens is 318 g/mol. The van der Waals surface area contributed by atoms with Gasteiger partial charge in [0.05, 0.1) is 6.54 Å². The van der Waals surface area contributed by atoms with E-state index in [0.717, 1.165) is 18.7 Å². The normalized spacial score (nSPS) is 11.2. The van der Waals surface area contributed by atoms with Crippen LogP contribution in [-0.2, 0) is 6.54 Å². The summed E-state index contributed by atoms with van der Waals surface area (Å²) in [5.74, 6) is 0.0612. The topological polar surface area (TPSA) is 83.0 Å². The molecule has 7 heteroatoms. The molecule has 0 atom stereocenters. The first-order chi connectivity index (χ1) is 11.9. The van der Waals surface area contributed by atoms with Crippen molar-refractivity contribution in [3.8, 4) is 0 Å². The Bertz CT molecular complexity index is 971. The predicted octanol–water partition coefficient (Wildman–Crippen LogP) is 1.85. The van der Waals surface area contributed by atoms with Gasteiger partial charge in [0.2, 0.25) is 0 Å². The molecule has 0 aliphatic heterocycles. The monoisotopic (exact) mass is 339 g/mol. The number of hydrogen-bond donors (Lipinski definition) is 2. The summed E-state index contributed by atoms with van der Waals surface area (Å²) < 4.78 is 1.77. The molecule has 7 nitrogen and oxygen atoms in total. The largest absolute Gasteiger partial charge is 0.350 e. The second-order valence-electron chi connectivity index (χ2n) is 6.32. The zero-order valence-corrected chi connectivity index (χ0v) is 14.5. The fraction of sp³-hybridized carbons (Fsp3) is 0.278. The van der Waals surface area contributed by atoms with Crippen molar-refractivity contribution in [2.24, 2.45) is 0 Å². The Balaban J connectivity index is 1.78. The van der Waals surface area contributed by atoms with Crippen LogP contribution in [0.2, 0.25) is 0 Å². The van der Waals surface area contributed by atoms with Crippen molar-refractivity contribution in [3.63, 3.8) is 0 Å². The molecule has 0 aliphatic rings. The molecule has 3 rings (SSSR count). The Kier molecular flexibility index (Phi) is 4.67. The molecule has 2 N–H and O–H groups in total. The summed E-state index contributed by atoms with van der Waals surface area (Å²) in [5.41, 5.74) is 1.67. The number of anilines is 1. The van der Waals surface area contributed by atoms with E-state index in [1.807, 2.05) is 39.3 Å². The standard InChI is InChI=1S/C18H21N5O2/c1-12-4-5-14-13(10-12)16(24)11-15(19-14)18(25)20-17-6-7-23(21-17)9-8-22(2)3/h4-7,10-11H,8-9H2,1-3H3,(H,19,24)(H,20,21,25). The molecule has 0 fully saturated rings. The number of likely N-dealkylation sites (N-methyl/N-ethyl adjacent to an activating group) is 1. The number of nitrogens with zero attached hydrogens (tertiary/aromatic N) is 3. The van der Waals surface area contributed by atoms with Gasteiger partial charge in [-0.1, -0.05) is 11.6 Å². The van der Waals surface area contributed by atoms with Crippen molar-refractivity contribution in [1.82, 2.24) is 19.7 Å². The minimum absolute atomic E-state index is 0.181. The number of aromatic amines is 1. The number of hydrogen-bond acceptors (Lipinski definition) is 4. The maximum absolute atomic E-state index is 12.4. The van der Waals surface area contributed by atoms with Gasteiger partial charge in [0.1, 0.15) is 5.69 Å². The van der Waals surface area contributed by atoms with E-state index in [1.54, 1.807) is 16.8 Å². The van der Waals surface area contributed by atoms with Crippen molar-refractivity contribution in [2.75, 3.05) is 26.0 Å². The molecule has 1 amide bonds. The number of carbonyl (C=O) groups excluding carboxylic acids is 1. The first kappa shape index (κ1) is 16.9. The summed E-state index contributed by atoms with van der Waals surface area (Å²) in [6.07, 6.45) is 1.81. The van der Waals surface area contributed by atoms with Gasteiger partial charge in [0, 0.05) is 35.8 Å². The maximum Gasteiger partial charge on any atom is 0.273 e. The van der Waals surface area contributed by atoms with Gasteiger partial charge >= 0.3 is 0 Å². The quantitative estimate of drug-likeness (QED) is 0.743. The molecule has 0 saturated carbocycles. The lowest BCUT2D eigenvalue weighted by Crippen LogP contribution is -2.19. The SMILES string of the molecule is Cc1ccc2[nH]c(C(=O)Nc3ccn(CCN(C)C)n3)cc(=O)c2c1. The first-order valence-electron chi connectivity index (χ1n) is 8.05.